The third-order valence-electron chi connectivity index (χ3n) is 2.90. The van der Waals surface area contributed by atoms with E-state index in [9.17, 15) is 14.4 Å². The summed E-state index contributed by atoms with van der Waals surface area (Å²) < 4.78 is 0. The van der Waals surface area contributed by atoms with Crippen LogP contribution in [0.25, 0.3) is 0 Å². The lowest BCUT2D eigenvalue weighted by atomic mass is 10.1. The number of ketones is 1. The number of nitrogens with one attached hydrogen (secondary N) is 2. The van der Waals surface area contributed by atoms with Crippen molar-refractivity contribution in [2.45, 2.75) is 13.3 Å². The van der Waals surface area contributed by atoms with Gasteiger partial charge < -0.3 is 15.4 Å². The predicted octanol–water partition coefficient (Wildman–Crippen LogP) is 2.10. The third kappa shape index (κ3) is 3.79. The molecule has 108 valence electrons. The summed E-state index contributed by atoms with van der Waals surface area (Å²) in [6.07, 6.45) is 1.42. The second-order valence-corrected chi connectivity index (χ2v) is 4.58. The molecule has 0 radical (unpaired) electrons. The number of benzene rings is 1. The molecule has 1 heterocycles. The maximum absolute atomic E-state index is 12.0. The van der Waals surface area contributed by atoms with Gasteiger partial charge in [-0.2, -0.15) is 0 Å². The van der Waals surface area contributed by atoms with Crippen LogP contribution in [0.1, 0.15) is 33.3 Å². The smallest absolute Gasteiger partial charge is 0.307 e. The number of aliphatic carboxylic acids is 1. The molecule has 3 N–H and O–H groups in total. The van der Waals surface area contributed by atoms with E-state index in [1.54, 1.807) is 24.3 Å². The first-order chi connectivity index (χ1) is 9.95. The van der Waals surface area contributed by atoms with Crippen LogP contribution in [-0.4, -0.2) is 27.8 Å². The number of anilines is 1. The highest BCUT2D eigenvalue weighted by Gasteiger charge is 2.11. The second kappa shape index (κ2) is 6.04. The minimum absolute atomic E-state index is 0.0627. The Hall–Kier alpha value is -2.89. The van der Waals surface area contributed by atoms with Crippen LogP contribution in [0.15, 0.2) is 36.5 Å². The fraction of sp³-hybridized carbons (Fsp3) is 0.133. The van der Waals surface area contributed by atoms with Gasteiger partial charge in [-0.25, -0.2) is 0 Å². The van der Waals surface area contributed by atoms with E-state index in [2.05, 4.69) is 10.3 Å². The van der Waals surface area contributed by atoms with E-state index in [1.165, 1.54) is 19.2 Å². The van der Waals surface area contributed by atoms with E-state index < -0.39 is 5.97 Å². The van der Waals surface area contributed by atoms with Crippen molar-refractivity contribution in [3.63, 3.8) is 0 Å². The van der Waals surface area contributed by atoms with Gasteiger partial charge in [0.1, 0.15) is 5.69 Å². The highest BCUT2D eigenvalue weighted by atomic mass is 16.4. The molecule has 1 aromatic carbocycles. The molecule has 0 saturated carbocycles. The van der Waals surface area contributed by atoms with Crippen molar-refractivity contribution in [3.8, 4) is 0 Å². The van der Waals surface area contributed by atoms with E-state index in [-0.39, 0.29) is 23.8 Å². The van der Waals surface area contributed by atoms with Crippen molar-refractivity contribution in [3.05, 3.63) is 53.3 Å². The van der Waals surface area contributed by atoms with Crippen LogP contribution in [0, 0.1) is 0 Å². The molecule has 0 aliphatic rings. The number of carbonyl (C=O) groups is 3. The van der Waals surface area contributed by atoms with Crippen LogP contribution >= 0.6 is 0 Å². The van der Waals surface area contributed by atoms with Gasteiger partial charge in [-0.15, -0.1) is 0 Å². The highest BCUT2D eigenvalue weighted by molar-refractivity contribution is 6.05. The van der Waals surface area contributed by atoms with Crippen LogP contribution in [-0.2, 0) is 11.2 Å². The van der Waals surface area contributed by atoms with Gasteiger partial charge in [0.15, 0.2) is 5.78 Å². The molecular formula is C15H14N2O4. The van der Waals surface area contributed by atoms with Gasteiger partial charge >= 0.3 is 5.97 Å². The van der Waals surface area contributed by atoms with Gasteiger partial charge in [-0.05, 0) is 30.7 Å². The zero-order chi connectivity index (χ0) is 15.4. The monoisotopic (exact) mass is 286 g/mol. The Bertz CT molecular complexity index is 686. The Kier molecular flexibility index (Phi) is 4.18. The Labute approximate surface area is 120 Å². The van der Waals surface area contributed by atoms with E-state index in [0.717, 1.165) is 0 Å². The predicted molar refractivity (Wildman–Crippen MR) is 76.5 cm³/mol. The van der Waals surface area contributed by atoms with Gasteiger partial charge in [0.2, 0.25) is 0 Å². The van der Waals surface area contributed by atoms with Crippen molar-refractivity contribution in [2.75, 3.05) is 5.32 Å². The van der Waals surface area contributed by atoms with Crippen LogP contribution in [0.5, 0.6) is 0 Å². The number of carboxylic acid groups (broad SMARTS) is 1. The number of hydrogen-bond donors (Lipinski definition) is 3. The molecule has 0 saturated heterocycles. The number of H-pyrrole nitrogens is 1. The number of aromatic nitrogens is 1. The summed E-state index contributed by atoms with van der Waals surface area (Å²) in [5, 5.41) is 11.3. The number of hydrogen-bond acceptors (Lipinski definition) is 3. The van der Waals surface area contributed by atoms with Crippen LogP contribution in [0.3, 0.4) is 0 Å². The summed E-state index contributed by atoms with van der Waals surface area (Å²) in [5.74, 6) is -1.40. The maximum atomic E-state index is 12.0. The van der Waals surface area contributed by atoms with Crippen LogP contribution < -0.4 is 5.32 Å². The highest BCUT2D eigenvalue weighted by Crippen LogP contribution is 2.12. The molecule has 6 heteroatoms. The summed E-state index contributed by atoms with van der Waals surface area (Å²) in [7, 11) is 0. The minimum atomic E-state index is -0.907. The fourth-order valence-electron chi connectivity index (χ4n) is 1.81. The molecule has 21 heavy (non-hydrogen) atoms. The van der Waals surface area contributed by atoms with Gasteiger partial charge in [0, 0.05) is 17.4 Å². The zero-order valence-corrected chi connectivity index (χ0v) is 11.3. The minimum Gasteiger partial charge on any atom is -0.481 e. The molecule has 0 aliphatic carbocycles. The molecule has 0 spiro atoms. The first kappa shape index (κ1) is 14.5. The summed E-state index contributed by atoms with van der Waals surface area (Å²) >= 11 is 0. The molecular weight excluding hydrogens is 272 g/mol. The average molecular weight is 286 g/mol. The number of Topliss-reactive ketones (excluding diaryl/α,β-unsaturated/α-hetero) is 1. The van der Waals surface area contributed by atoms with Crippen LogP contribution in [0.4, 0.5) is 5.69 Å². The first-order valence-corrected chi connectivity index (χ1v) is 6.27. The molecule has 0 unspecified atom stereocenters. The molecule has 0 atom stereocenters. The largest absolute Gasteiger partial charge is 0.481 e. The molecule has 2 aromatic rings. The molecule has 1 amide bonds. The van der Waals surface area contributed by atoms with Gasteiger partial charge in [-0.1, -0.05) is 12.1 Å². The summed E-state index contributed by atoms with van der Waals surface area (Å²) in [6, 6.07) is 8.02. The molecule has 0 bridgehead atoms. The van der Waals surface area contributed by atoms with Crippen molar-refractivity contribution in [1.82, 2.24) is 4.98 Å². The van der Waals surface area contributed by atoms with Crippen molar-refractivity contribution >= 4 is 23.3 Å². The van der Waals surface area contributed by atoms with Crippen LogP contribution in [0.2, 0.25) is 0 Å². The Morgan fingerprint density at radius 1 is 1.19 bits per heavy atom. The standard InChI is InChI=1S/C15H14N2O4/c1-9(18)11-7-13(16-8-11)15(21)17-12-4-2-10(3-5-12)6-14(19)20/h2-5,7-8,16H,6H2,1H3,(H,17,21)(H,19,20). The number of carbonyl (C=O) groups excluding carboxylic acids is 2. The lowest BCUT2D eigenvalue weighted by Gasteiger charge is -2.04. The summed E-state index contributed by atoms with van der Waals surface area (Å²) in [6.45, 7) is 1.42. The summed E-state index contributed by atoms with van der Waals surface area (Å²) in [4.78, 5) is 36.4. The van der Waals surface area contributed by atoms with Crippen molar-refractivity contribution in [2.24, 2.45) is 0 Å². The first-order valence-electron chi connectivity index (χ1n) is 6.27. The number of aromatic amines is 1. The number of amides is 1. The zero-order valence-electron chi connectivity index (χ0n) is 11.3. The SMILES string of the molecule is CC(=O)c1c[nH]c(C(=O)Nc2ccc(CC(=O)O)cc2)c1. The van der Waals surface area contributed by atoms with E-state index in [4.69, 9.17) is 5.11 Å². The lowest BCUT2D eigenvalue weighted by molar-refractivity contribution is -0.136. The molecule has 6 nitrogen and oxygen atoms in total. The number of rotatable bonds is 5. The Balaban J connectivity index is 2.04. The molecule has 2 rings (SSSR count). The summed E-state index contributed by atoms with van der Waals surface area (Å²) in [5.41, 5.74) is 1.93. The van der Waals surface area contributed by atoms with E-state index in [1.807, 2.05) is 0 Å². The average Bonchev–Trinajstić information content (AvgIpc) is 2.90. The fourth-order valence-corrected chi connectivity index (χ4v) is 1.81. The topological polar surface area (TPSA) is 99.3 Å². The molecule has 0 aliphatic heterocycles. The van der Waals surface area contributed by atoms with Crippen molar-refractivity contribution in [1.29, 1.82) is 0 Å². The normalized spacial score (nSPS) is 10.1. The second-order valence-electron chi connectivity index (χ2n) is 4.58. The Morgan fingerprint density at radius 3 is 2.38 bits per heavy atom. The number of carboxylic acids is 1. The maximum Gasteiger partial charge on any atom is 0.307 e. The molecule has 0 fully saturated rings. The Morgan fingerprint density at radius 2 is 1.86 bits per heavy atom. The van der Waals surface area contributed by atoms with E-state index in [0.29, 0.717) is 16.8 Å². The quantitative estimate of drug-likeness (QED) is 0.733. The lowest BCUT2D eigenvalue weighted by Crippen LogP contribution is -2.12. The van der Waals surface area contributed by atoms with Gasteiger partial charge in [-0.3, -0.25) is 14.4 Å². The van der Waals surface area contributed by atoms with Gasteiger partial charge in [0.05, 0.1) is 6.42 Å². The van der Waals surface area contributed by atoms with Crippen molar-refractivity contribution < 1.29 is 19.5 Å². The van der Waals surface area contributed by atoms with Gasteiger partial charge in [0.25, 0.3) is 5.91 Å². The third-order valence-corrected chi connectivity index (χ3v) is 2.90. The van der Waals surface area contributed by atoms with E-state index >= 15 is 0 Å². The molecule has 1 aromatic heterocycles.